The molecule has 0 aromatic heterocycles. The van der Waals surface area contributed by atoms with Crippen LogP contribution >= 0.6 is 0 Å². The molecular formula is C12H24N2O2. The van der Waals surface area contributed by atoms with Gasteiger partial charge in [-0.15, -0.1) is 0 Å². The van der Waals surface area contributed by atoms with Crippen molar-refractivity contribution in [1.29, 1.82) is 0 Å². The van der Waals surface area contributed by atoms with Crippen molar-refractivity contribution in [3.8, 4) is 0 Å². The molecule has 1 atom stereocenters. The van der Waals surface area contributed by atoms with Crippen LogP contribution in [-0.2, 0) is 9.53 Å². The van der Waals surface area contributed by atoms with Crippen LogP contribution in [0.4, 0.5) is 0 Å². The van der Waals surface area contributed by atoms with Crippen molar-refractivity contribution in [2.24, 2.45) is 5.92 Å². The smallest absolute Gasteiger partial charge is 0.234 e. The lowest BCUT2D eigenvalue weighted by atomic mass is 10.1. The van der Waals surface area contributed by atoms with Crippen LogP contribution in [0.2, 0.25) is 0 Å². The molecule has 0 aromatic carbocycles. The first kappa shape index (κ1) is 13.5. The van der Waals surface area contributed by atoms with Crippen LogP contribution in [0.3, 0.4) is 0 Å². The Labute approximate surface area is 98.1 Å². The molecule has 0 radical (unpaired) electrons. The predicted molar refractivity (Wildman–Crippen MR) is 64.3 cm³/mol. The van der Waals surface area contributed by atoms with E-state index in [0.29, 0.717) is 19.2 Å². The lowest BCUT2D eigenvalue weighted by Crippen LogP contribution is -2.41. The molecule has 1 amide bonds. The van der Waals surface area contributed by atoms with Gasteiger partial charge in [0.25, 0.3) is 0 Å². The first-order valence-corrected chi connectivity index (χ1v) is 6.25. The molecule has 1 aliphatic rings. The molecule has 1 saturated carbocycles. The summed E-state index contributed by atoms with van der Waals surface area (Å²) in [6.07, 6.45) is 4.87. The molecule has 0 bridgehead atoms. The van der Waals surface area contributed by atoms with Crippen LogP contribution in [0.1, 0.15) is 32.6 Å². The zero-order chi connectivity index (χ0) is 11.8. The van der Waals surface area contributed by atoms with Crippen molar-refractivity contribution >= 4 is 5.91 Å². The monoisotopic (exact) mass is 228 g/mol. The van der Waals surface area contributed by atoms with Gasteiger partial charge < -0.3 is 15.4 Å². The van der Waals surface area contributed by atoms with Crippen molar-refractivity contribution in [2.75, 3.05) is 26.8 Å². The molecule has 0 saturated heterocycles. The topological polar surface area (TPSA) is 50.4 Å². The van der Waals surface area contributed by atoms with Crippen molar-refractivity contribution in [2.45, 2.75) is 38.6 Å². The van der Waals surface area contributed by atoms with E-state index in [9.17, 15) is 4.79 Å². The molecule has 2 N–H and O–H groups in total. The Balaban J connectivity index is 2.05. The number of amides is 1. The zero-order valence-electron chi connectivity index (χ0n) is 10.4. The molecule has 94 valence electrons. The summed E-state index contributed by atoms with van der Waals surface area (Å²) in [6, 6.07) is 0.365. The fraction of sp³-hybridized carbons (Fsp3) is 0.917. The third-order valence-electron chi connectivity index (χ3n) is 2.94. The Hall–Kier alpha value is -0.610. The predicted octanol–water partition coefficient (Wildman–Crippen LogP) is 0.917. The molecule has 0 heterocycles. The van der Waals surface area contributed by atoms with Crippen LogP contribution in [0.15, 0.2) is 0 Å². The number of rotatable bonds is 9. The highest BCUT2D eigenvalue weighted by Gasteiger charge is 2.25. The summed E-state index contributed by atoms with van der Waals surface area (Å²) in [5.74, 6) is 0.968. The molecule has 16 heavy (non-hydrogen) atoms. The van der Waals surface area contributed by atoms with Gasteiger partial charge in [-0.1, -0.05) is 19.8 Å². The average molecular weight is 228 g/mol. The van der Waals surface area contributed by atoms with E-state index in [0.717, 1.165) is 25.3 Å². The molecule has 4 nitrogen and oxygen atoms in total. The fourth-order valence-corrected chi connectivity index (χ4v) is 1.74. The van der Waals surface area contributed by atoms with Crippen molar-refractivity contribution in [3.63, 3.8) is 0 Å². The van der Waals surface area contributed by atoms with Gasteiger partial charge in [-0.2, -0.15) is 0 Å². The minimum atomic E-state index is 0.101. The number of nitrogens with one attached hydrogen (secondary N) is 2. The van der Waals surface area contributed by atoms with Gasteiger partial charge in [0.2, 0.25) is 5.91 Å². The summed E-state index contributed by atoms with van der Waals surface area (Å²) in [4.78, 5) is 11.6. The van der Waals surface area contributed by atoms with Gasteiger partial charge in [-0.3, -0.25) is 4.79 Å². The highest BCUT2D eigenvalue weighted by Crippen LogP contribution is 2.33. The maximum Gasteiger partial charge on any atom is 0.234 e. The third kappa shape index (κ3) is 6.08. The van der Waals surface area contributed by atoms with E-state index in [1.165, 1.54) is 12.8 Å². The van der Waals surface area contributed by atoms with Crippen LogP contribution in [0.5, 0.6) is 0 Å². The van der Waals surface area contributed by atoms with Crippen molar-refractivity contribution in [3.05, 3.63) is 0 Å². The Morgan fingerprint density at radius 3 is 2.81 bits per heavy atom. The Morgan fingerprint density at radius 1 is 1.50 bits per heavy atom. The Morgan fingerprint density at radius 2 is 2.25 bits per heavy atom. The average Bonchev–Trinajstić information content (AvgIpc) is 3.07. The maximum atomic E-state index is 11.6. The number of carbonyl (C=O) groups is 1. The number of carbonyl (C=O) groups excluding carboxylic acids is 1. The Bertz CT molecular complexity index is 205. The highest BCUT2D eigenvalue weighted by atomic mass is 16.5. The lowest BCUT2D eigenvalue weighted by Gasteiger charge is -2.16. The van der Waals surface area contributed by atoms with Crippen molar-refractivity contribution < 1.29 is 9.53 Å². The van der Waals surface area contributed by atoms with Gasteiger partial charge in [0, 0.05) is 19.7 Å². The molecule has 1 unspecified atom stereocenters. The molecule has 4 heteroatoms. The summed E-state index contributed by atoms with van der Waals surface area (Å²) >= 11 is 0. The van der Waals surface area contributed by atoms with Crippen LogP contribution in [-0.4, -0.2) is 38.8 Å². The summed E-state index contributed by atoms with van der Waals surface area (Å²) < 4.78 is 4.89. The molecule has 0 aromatic rings. The summed E-state index contributed by atoms with van der Waals surface area (Å²) in [6.45, 7) is 3.89. The summed E-state index contributed by atoms with van der Waals surface area (Å²) in [7, 11) is 1.66. The standard InChI is InChI=1S/C12H24N2O2/c1-3-11(8-10-4-5-10)14-12(15)9-13-6-7-16-2/h10-11,13H,3-9H2,1-2H3,(H,14,15). The number of ether oxygens (including phenoxy) is 1. The van der Waals surface area contributed by atoms with E-state index in [4.69, 9.17) is 4.74 Å². The second-order valence-electron chi connectivity index (χ2n) is 4.52. The molecule has 1 rings (SSSR count). The second-order valence-corrected chi connectivity index (χ2v) is 4.52. The van der Waals surface area contributed by atoms with Crippen molar-refractivity contribution in [1.82, 2.24) is 10.6 Å². The van der Waals surface area contributed by atoms with Gasteiger partial charge in [-0.05, 0) is 18.8 Å². The van der Waals surface area contributed by atoms with E-state index >= 15 is 0 Å². The first-order chi connectivity index (χ1) is 7.76. The first-order valence-electron chi connectivity index (χ1n) is 6.25. The normalized spacial score (nSPS) is 17.1. The van der Waals surface area contributed by atoms with Gasteiger partial charge >= 0.3 is 0 Å². The van der Waals surface area contributed by atoms with Gasteiger partial charge in [0.1, 0.15) is 0 Å². The molecule has 1 fully saturated rings. The van der Waals surface area contributed by atoms with Crippen LogP contribution < -0.4 is 10.6 Å². The number of hydrogen-bond donors (Lipinski definition) is 2. The highest BCUT2D eigenvalue weighted by molar-refractivity contribution is 5.78. The summed E-state index contributed by atoms with van der Waals surface area (Å²) in [5, 5.41) is 6.12. The van der Waals surface area contributed by atoms with Gasteiger partial charge in [0.05, 0.1) is 13.2 Å². The van der Waals surface area contributed by atoms with E-state index < -0.39 is 0 Å². The maximum absolute atomic E-state index is 11.6. The van der Waals surface area contributed by atoms with Crippen LogP contribution in [0, 0.1) is 5.92 Å². The van der Waals surface area contributed by atoms with E-state index in [2.05, 4.69) is 17.6 Å². The quantitative estimate of drug-likeness (QED) is 0.577. The second kappa shape index (κ2) is 7.63. The van der Waals surface area contributed by atoms with E-state index in [-0.39, 0.29) is 5.91 Å². The SMILES string of the molecule is CCC(CC1CC1)NC(=O)CNCCOC. The van der Waals surface area contributed by atoms with Gasteiger partial charge in [0.15, 0.2) is 0 Å². The number of methoxy groups -OCH3 is 1. The lowest BCUT2D eigenvalue weighted by molar-refractivity contribution is -0.121. The van der Waals surface area contributed by atoms with Gasteiger partial charge in [-0.25, -0.2) is 0 Å². The van der Waals surface area contributed by atoms with Crippen LogP contribution in [0.25, 0.3) is 0 Å². The minimum absolute atomic E-state index is 0.101. The van der Waals surface area contributed by atoms with E-state index in [1.807, 2.05) is 0 Å². The minimum Gasteiger partial charge on any atom is -0.383 e. The molecular weight excluding hydrogens is 204 g/mol. The summed E-state index contributed by atoms with van der Waals surface area (Å²) in [5.41, 5.74) is 0. The fourth-order valence-electron chi connectivity index (χ4n) is 1.74. The molecule has 1 aliphatic carbocycles. The van der Waals surface area contributed by atoms with E-state index in [1.54, 1.807) is 7.11 Å². The Kier molecular flexibility index (Phi) is 6.42. The molecule has 0 spiro atoms. The largest absolute Gasteiger partial charge is 0.383 e. The molecule has 0 aliphatic heterocycles. The number of hydrogen-bond acceptors (Lipinski definition) is 3. The zero-order valence-corrected chi connectivity index (χ0v) is 10.4. The third-order valence-corrected chi connectivity index (χ3v) is 2.94.